The largest absolute Gasteiger partial charge is 0.478 e. The van der Waals surface area contributed by atoms with Crippen molar-refractivity contribution >= 4 is 29.3 Å². The van der Waals surface area contributed by atoms with E-state index in [1.165, 1.54) is 19.2 Å². The molecule has 0 unspecified atom stereocenters. The number of benzene rings is 2. The lowest BCUT2D eigenvalue weighted by atomic mass is 10.1. The number of carboxylic acid groups (broad SMARTS) is 1. The standard InChI is InChI=1S/C20H23N3O5/c1-12(2)21-20(27)23-16-6-4-14(5-7-16)18(24)22-17-9-13(11-28-3)8-15(10-17)19(25)26/h4-10,12H,11H2,1-3H3,(H,22,24)(H,25,26)(H2,21,23,27). The molecule has 2 aromatic carbocycles. The minimum absolute atomic E-state index is 0.00890. The van der Waals surface area contributed by atoms with Crippen LogP contribution in [0.15, 0.2) is 42.5 Å². The smallest absolute Gasteiger partial charge is 0.335 e. The van der Waals surface area contributed by atoms with Gasteiger partial charge in [-0.05, 0) is 61.9 Å². The predicted molar refractivity (Wildman–Crippen MR) is 106 cm³/mol. The quantitative estimate of drug-likeness (QED) is 0.583. The summed E-state index contributed by atoms with van der Waals surface area (Å²) in [6, 6.07) is 10.6. The van der Waals surface area contributed by atoms with Gasteiger partial charge in [-0.1, -0.05) is 0 Å². The summed E-state index contributed by atoms with van der Waals surface area (Å²) in [4.78, 5) is 35.4. The van der Waals surface area contributed by atoms with Crippen LogP contribution in [0.2, 0.25) is 0 Å². The topological polar surface area (TPSA) is 117 Å². The molecule has 2 rings (SSSR count). The molecule has 0 bridgehead atoms. The molecule has 0 heterocycles. The molecular formula is C20H23N3O5. The molecule has 8 heteroatoms. The number of amides is 3. The van der Waals surface area contributed by atoms with Gasteiger partial charge in [0.25, 0.3) is 5.91 Å². The third-order valence-electron chi connectivity index (χ3n) is 3.63. The van der Waals surface area contributed by atoms with Crippen molar-refractivity contribution in [3.8, 4) is 0 Å². The monoisotopic (exact) mass is 385 g/mol. The van der Waals surface area contributed by atoms with Crippen molar-refractivity contribution < 1.29 is 24.2 Å². The Labute approximate surface area is 162 Å². The van der Waals surface area contributed by atoms with E-state index in [0.717, 1.165) is 0 Å². The summed E-state index contributed by atoms with van der Waals surface area (Å²) in [7, 11) is 1.50. The highest BCUT2D eigenvalue weighted by molar-refractivity contribution is 6.05. The molecule has 0 radical (unpaired) electrons. The number of ether oxygens (including phenoxy) is 1. The van der Waals surface area contributed by atoms with E-state index < -0.39 is 11.9 Å². The molecule has 0 saturated heterocycles. The van der Waals surface area contributed by atoms with Crippen molar-refractivity contribution in [3.63, 3.8) is 0 Å². The van der Waals surface area contributed by atoms with Crippen molar-refractivity contribution in [2.75, 3.05) is 17.7 Å². The molecule has 28 heavy (non-hydrogen) atoms. The Bertz CT molecular complexity index is 863. The number of carbonyl (C=O) groups excluding carboxylic acids is 2. The van der Waals surface area contributed by atoms with E-state index in [1.54, 1.807) is 30.3 Å². The first kappa shape index (κ1) is 20.9. The second kappa shape index (κ2) is 9.52. The SMILES string of the molecule is COCc1cc(NC(=O)c2ccc(NC(=O)NC(C)C)cc2)cc(C(=O)O)c1. The summed E-state index contributed by atoms with van der Waals surface area (Å²) >= 11 is 0. The minimum atomic E-state index is -1.09. The van der Waals surface area contributed by atoms with Crippen LogP contribution in [0.25, 0.3) is 0 Å². The summed E-state index contributed by atoms with van der Waals surface area (Å²) in [5.74, 6) is -1.49. The molecule has 2 aromatic rings. The average molecular weight is 385 g/mol. The van der Waals surface area contributed by atoms with Crippen LogP contribution in [0, 0.1) is 0 Å². The van der Waals surface area contributed by atoms with Crippen LogP contribution in [0.1, 0.15) is 40.1 Å². The number of hydrogen-bond acceptors (Lipinski definition) is 4. The highest BCUT2D eigenvalue weighted by Crippen LogP contribution is 2.18. The molecule has 0 atom stereocenters. The third-order valence-corrected chi connectivity index (χ3v) is 3.63. The molecule has 0 fully saturated rings. The molecule has 0 aliphatic rings. The van der Waals surface area contributed by atoms with Gasteiger partial charge in [0.2, 0.25) is 0 Å². The molecular weight excluding hydrogens is 362 g/mol. The maximum atomic E-state index is 12.5. The van der Waals surface area contributed by atoms with Crippen LogP contribution in [0.3, 0.4) is 0 Å². The first-order chi connectivity index (χ1) is 13.3. The second-order valence-corrected chi connectivity index (χ2v) is 6.44. The number of hydrogen-bond donors (Lipinski definition) is 4. The lowest BCUT2D eigenvalue weighted by Gasteiger charge is -2.11. The minimum Gasteiger partial charge on any atom is -0.478 e. The van der Waals surface area contributed by atoms with E-state index in [4.69, 9.17) is 4.74 Å². The molecule has 0 saturated carbocycles. The van der Waals surface area contributed by atoms with Gasteiger partial charge in [-0.2, -0.15) is 0 Å². The number of urea groups is 1. The fourth-order valence-corrected chi connectivity index (χ4v) is 2.48. The van der Waals surface area contributed by atoms with Crippen LogP contribution < -0.4 is 16.0 Å². The van der Waals surface area contributed by atoms with Gasteiger partial charge in [0, 0.05) is 30.1 Å². The summed E-state index contributed by atoms with van der Waals surface area (Å²) < 4.78 is 5.03. The maximum absolute atomic E-state index is 12.5. The Balaban J connectivity index is 2.10. The van der Waals surface area contributed by atoms with Gasteiger partial charge in [-0.25, -0.2) is 9.59 Å². The number of rotatable bonds is 7. The Kier molecular flexibility index (Phi) is 7.11. The Morgan fingerprint density at radius 2 is 1.64 bits per heavy atom. The normalized spacial score (nSPS) is 10.4. The Morgan fingerprint density at radius 1 is 0.964 bits per heavy atom. The second-order valence-electron chi connectivity index (χ2n) is 6.44. The number of nitrogens with one attached hydrogen (secondary N) is 3. The molecule has 0 aromatic heterocycles. The lowest BCUT2D eigenvalue weighted by molar-refractivity contribution is 0.0696. The zero-order valence-corrected chi connectivity index (χ0v) is 15.9. The Hall–Kier alpha value is -3.39. The van der Waals surface area contributed by atoms with Crippen molar-refractivity contribution in [1.82, 2.24) is 5.32 Å². The number of aromatic carboxylic acids is 1. The average Bonchev–Trinajstić information content (AvgIpc) is 2.61. The summed E-state index contributed by atoms with van der Waals surface area (Å²) in [5.41, 5.74) is 1.96. The van der Waals surface area contributed by atoms with Crippen molar-refractivity contribution in [2.24, 2.45) is 0 Å². The van der Waals surface area contributed by atoms with E-state index in [2.05, 4.69) is 16.0 Å². The van der Waals surface area contributed by atoms with Gasteiger partial charge >= 0.3 is 12.0 Å². The molecule has 3 amide bonds. The van der Waals surface area contributed by atoms with Crippen LogP contribution >= 0.6 is 0 Å². The van der Waals surface area contributed by atoms with Crippen LogP contribution in [0.5, 0.6) is 0 Å². The summed E-state index contributed by atoms with van der Waals surface area (Å²) in [5, 5.41) is 17.3. The predicted octanol–water partition coefficient (Wildman–Crippen LogP) is 3.31. The summed E-state index contributed by atoms with van der Waals surface area (Å²) in [6.45, 7) is 3.93. The number of methoxy groups -OCH3 is 1. The fraction of sp³-hybridized carbons (Fsp3) is 0.250. The van der Waals surface area contributed by atoms with E-state index >= 15 is 0 Å². The van der Waals surface area contributed by atoms with Gasteiger partial charge in [0.1, 0.15) is 0 Å². The van der Waals surface area contributed by atoms with E-state index in [1.807, 2.05) is 13.8 Å². The maximum Gasteiger partial charge on any atom is 0.335 e. The zero-order valence-electron chi connectivity index (χ0n) is 15.9. The lowest BCUT2D eigenvalue weighted by Crippen LogP contribution is -2.34. The highest BCUT2D eigenvalue weighted by atomic mass is 16.5. The first-order valence-corrected chi connectivity index (χ1v) is 8.63. The van der Waals surface area contributed by atoms with E-state index in [9.17, 15) is 19.5 Å². The van der Waals surface area contributed by atoms with Crippen LogP contribution in [0.4, 0.5) is 16.2 Å². The zero-order chi connectivity index (χ0) is 20.7. The van der Waals surface area contributed by atoms with Gasteiger partial charge in [-0.15, -0.1) is 0 Å². The molecule has 8 nitrogen and oxygen atoms in total. The van der Waals surface area contributed by atoms with E-state index in [0.29, 0.717) is 22.5 Å². The molecule has 0 aliphatic carbocycles. The van der Waals surface area contributed by atoms with Crippen molar-refractivity contribution in [2.45, 2.75) is 26.5 Å². The summed E-state index contributed by atoms with van der Waals surface area (Å²) in [6.07, 6.45) is 0. The van der Waals surface area contributed by atoms with Gasteiger partial charge in [0.15, 0.2) is 0 Å². The molecule has 0 spiro atoms. The molecule has 0 aliphatic heterocycles. The van der Waals surface area contributed by atoms with Crippen LogP contribution in [-0.2, 0) is 11.3 Å². The van der Waals surface area contributed by atoms with Crippen molar-refractivity contribution in [1.29, 1.82) is 0 Å². The number of carbonyl (C=O) groups is 3. The molecule has 148 valence electrons. The third kappa shape index (κ3) is 6.10. The first-order valence-electron chi connectivity index (χ1n) is 8.63. The van der Waals surface area contributed by atoms with E-state index in [-0.39, 0.29) is 24.2 Å². The molecule has 4 N–H and O–H groups in total. The van der Waals surface area contributed by atoms with Crippen LogP contribution in [-0.4, -0.2) is 36.2 Å². The van der Waals surface area contributed by atoms with Crippen molar-refractivity contribution in [3.05, 3.63) is 59.2 Å². The number of carboxylic acids is 1. The fourth-order valence-electron chi connectivity index (χ4n) is 2.48. The van der Waals surface area contributed by atoms with Gasteiger partial charge in [-0.3, -0.25) is 4.79 Å². The Morgan fingerprint density at radius 3 is 2.21 bits per heavy atom. The number of anilines is 2. The van der Waals surface area contributed by atoms with Gasteiger partial charge < -0.3 is 25.8 Å². The van der Waals surface area contributed by atoms with Gasteiger partial charge in [0.05, 0.1) is 12.2 Å². The highest BCUT2D eigenvalue weighted by Gasteiger charge is 2.11.